The molecule has 0 aliphatic carbocycles. The summed E-state index contributed by atoms with van der Waals surface area (Å²) in [6.07, 6.45) is 2.28. The first-order valence-electron chi connectivity index (χ1n) is 7.03. The molecule has 0 radical (unpaired) electrons. The lowest BCUT2D eigenvalue weighted by atomic mass is 10.1. The van der Waals surface area contributed by atoms with Crippen LogP contribution in [0.5, 0.6) is 0 Å². The Bertz CT molecular complexity index is 551. The zero-order chi connectivity index (χ0) is 16.7. The minimum Gasteiger partial charge on any atom is -0.478 e. The normalized spacial score (nSPS) is 14.2. The van der Waals surface area contributed by atoms with Gasteiger partial charge in [-0.1, -0.05) is 12.1 Å². The fourth-order valence-corrected chi connectivity index (χ4v) is 2.24. The molecule has 0 aromatic heterocycles. The third-order valence-corrected chi connectivity index (χ3v) is 3.11. The molecule has 2 rings (SSSR count). The van der Waals surface area contributed by atoms with Gasteiger partial charge in [0.2, 0.25) is 0 Å². The van der Waals surface area contributed by atoms with E-state index in [2.05, 4.69) is 36.9 Å². The summed E-state index contributed by atoms with van der Waals surface area (Å²) in [4.78, 5) is 21.5. The van der Waals surface area contributed by atoms with Gasteiger partial charge in [-0.05, 0) is 37.5 Å². The second kappa shape index (κ2) is 8.19. The van der Waals surface area contributed by atoms with Gasteiger partial charge in [0.1, 0.15) is 0 Å². The van der Waals surface area contributed by atoms with E-state index >= 15 is 0 Å². The number of carboxylic acid groups (broad SMARTS) is 2. The summed E-state index contributed by atoms with van der Waals surface area (Å²) in [5.74, 6) is -2.51. The monoisotopic (exact) mass is 306 g/mol. The number of carbonyl (C=O) groups is 2. The quantitative estimate of drug-likeness (QED) is 0.727. The van der Waals surface area contributed by atoms with Crippen LogP contribution in [0, 0.1) is 6.92 Å². The molecule has 1 heterocycles. The number of hydrogen-bond acceptors (Lipinski definition) is 4. The van der Waals surface area contributed by atoms with Gasteiger partial charge >= 0.3 is 11.9 Å². The second-order valence-corrected chi connectivity index (χ2v) is 5.32. The third-order valence-electron chi connectivity index (χ3n) is 3.11. The van der Waals surface area contributed by atoms with Crippen LogP contribution in [-0.4, -0.2) is 41.3 Å². The highest BCUT2D eigenvalue weighted by atomic mass is 16.4. The topological polar surface area (TPSA) is 104 Å². The first-order chi connectivity index (χ1) is 10.3. The molecule has 1 atom stereocenters. The molecule has 120 valence electrons. The summed E-state index contributed by atoms with van der Waals surface area (Å²) in [5.41, 5.74) is 10.0. The predicted octanol–water partition coefficient (Wildman–Crippen LogP) is 1.42. The maximum absolute atomic E-state index is 9.55. The van der Waals surface area contributed by atoms with Crippen molar-refractivity contribution in [3.05, 3.63) is 41.5 Å². The van der Waals surface area contributed by atoms with E-state index in [0.29, 0.717) is 12.2 Å². The molecular formula is C16H22N2O4. The van der Waals surface area contributed by atoms with Crippen molar-refractivity contribution in [1.82, 2.24) is 0 Å². The average Bonchev–Trinajstić information content (AvgIpc) is 2.79. The molecule has 1 aromatic rings. The smallest absolute Gasteiger partial charge is 0.328 e. The predicted molar refractivity (Wildman–Crippen MR) is 85.2 cm³/mol. The Morgan fingerprint density at radius 2 is 1.91 bits per heavy atom. The van der Waals surface area contributed by atoms with Gasteiger partial charge in [0.15, 0.2) is 0 Å². The molecule has 0 saturated heterocycles. The van der Waals surface area contributed by atoms with E-state index in [4.69, 9.17) is 15.9 Å². The van der Waals surface area contributed by atoms with Crippen LogP contribution in [-0.2, 0) is 16.0 Å². The second-order valence-electron chi connectivity index (χ2n) is 5.32. The number of anilines is 1. The molecule has 0 fully saturated rings. The van der Waals surface area contributed by atoms with Crippen LogP contribution in [0.1, 0.15) is 18.1 Å². The number of carboxylic acids is 2. The molecule has 0 amide bonds. The summed E-state index contributed by atoms with van der Waals surface area (Å²) in [6, 6.07) is 6.95. The molecule has 0 unspecified atom stereocenters. The van der Waals surface area contributed by atoms with Crippen molar-refractivity contribution in [1.29, 1.82) is 0 Å². The van der Waals surface area contributed by atoms with Crippen molar-refractivity contribution in [3.63, 3.8) is 0 Å². The molecule has 0 saturated carbocycles. The lowest BCUT2D eigenvalue weighted by Crippen LogP contribution is -2.34. The lowest BCUT2D eigenvalue weighted by Gasteiger charge is -2.21. The maximum atomic E-state index is 9.55. The molecule has 0 spiro atoms. The number of benzene rings is 1. The lowest BCUT2D eigenvalue weighted by molar-refractivity contribution is -0.134. The van der Waals surface area contributed by atoms with E-state index in [1.165, 1.54) is 23.2 Å². The number of aryl methyl sites for hydroxylation is 1. The molecule has 6 heteroatoms. The molecule has 1 aromatic carbocycles. The summed E-state index contributed by atoms with van der Waals surface area (Å²) < 4.78 is 0. The highest BCUT2D eigenvalue weighted by Gasteiger charge is 2.19. The standard InChI is InChI=1S/C12H18N2.C4H4O4/c1-9-3-4-11-5-6-14(8-10(2)13)12(11)7-9;5-3(6)1-2-4(7)8/h3-4,7,10H,5-6,8,13H2,1-2H3;1-2H,(H,5,6)(H,7,8)/t10-;/m0./s1. The first-order valence-corrected chi connectivity index (χ1v) is 7.03. The average molecular weight is 306 g/mol. The van der Waals surface area contributed by atoms with Crippen molar-refractivity contribution < 1.29 is 19.8 Å². The Hall–Kier alpha value is -2.34. The molecular weight excluding hydrogens is 284 g/mol. The number of rotatable bonds is 4. The van der Waals surface area contributed by atoms with Crippen LogP contribution in [0.15, 0.2) is 30.4 Å². The first kappa shape index (κ1) is 17.7. The van der Waals surface area contributed by atoms with Crippen LogP contribution in [0.4, 0.5) is 5.69 Å². The fraction of sp³-hybridized carbons (Fsp3) is 0.375. The van der Waals surface area contributed by atoms with Crippen molar-refractivity contribution in [2.75, 3.05) is 18.0 Å². The van der Waals surface area contributed by atoms with Gasteiger partial charge in [-0.3, -0.25) is 0 Å². The zero-order valence-corrected chi connectivity index (χ0v) is 12.8. The van der Waals surface area contributed by atoms with Crippen LogP contribution >= 0.6 is 0 Å². The summed E-state index contributed by atoms with van der Waals surface area (Å²) >= 11 is 0. The van der Waals surface area contributed by atoms with Crippen molar-refractivity contribution in [3.8, 4) is 0 Å². The summed E-state index contributed by atoms with van der Waals surface area (Å²) in [5, 5.41) is 15.6. The van der Waals surface area contributed by atoms with Crippen LogP contribution in [0.25, 0.3) is 0 Å². The van der Waals surface area contributed by atoms with E-state index < -0.39 is 11.9 Å². The number of fused-ring (bicyclic) bond motifs is 1. The van der Waals surface area contributed by atoms with Gasteiger partial charge in [0.05, 0.1) is 0 Å². The van der Waals surface area contributed by atoms with Gasteiger partial charge in [0, 0.05) is 37.0 Å². The number of nitrogens with two attached hydrogens (primary N) is 1. The largest absolute Gasteiger partial charge is 0.478 e. The Labute approximate surface area is 129 Å². The molecule has 22 heavy (non-hydrogen) atoms. The fourth-order valence-electron chi connectivity index (χ4n) is 2.24. The minimum absolute atomic E-state index is 0.251. The highest BCUT2D eigenvalue weighted by Crippen LogP contribution is 2.28. The van der Waals surface area contributed by atoms with E-state index in [9.17, 15) is 9.59 Å². The van der Waals surface area contributed by atoms with Gasteiger partial charge in [-0.2, -0.15) is 0 Å². The van der Waals surface area contributed by atoms with E-state index in [0.717, 1.165) is 13.1 Å². The molecule has 1 aliphatic rings. The Morgan fingerprint density at radius 1 is 1.32 bits per heavy atom. The van der Waals surface area contributed by atoms with Gasteiger partial charge in [-0.15, -0.1) is 0 Å². The summed E-state index contributed by atoms with van der Waals surface area (Å²) in [7, 11) is 0. The SMILES string of the molecule is Cc1ccc2c(c1)N(C[C@H](C)N)CC2.O=C(O)C=CC(=O)O. The van der Waals surface area contributed by atoms with E-state index in [1.54, 1.807) is 0 Å². The molecule has 1 aliphatic heterocycles. The highest BCUT2D eigenvalue weighted by molar-refractivity contribution is 5.89. The Kier molecular flexibility index (Phi) is 6.59. The third kappa shape index (κ3) is 5.97. The van der Waals surface area contributed by atoms with Crippen LogP contribution in [0.2, 0.25) is 0 Å². The number of aliphatic carboxylic acids is 2. The van der Waals surface area contributed by atoms with Gasteiger partial charge in [0.25, 0.3) is 0 Å². The van der Waals surface area contributed by atoms with Gasteiger partial charge in [-0.25, -0.2) is 9.59 Å². The van der Waals surface area contributed by atoms with Crippen molar-refractivity contribution in [2.24, 2.45) is 5.73 Å². The molecule has 6 nitrogen and oxygen atoms in total. The Balaban J connectivity index is 0.000000261. The van der Waals surface area contributed by atoms with Crippen molar-refractivity contribution in [2.45, 2.75) is 26.3 Å². The minimum atomic E-state index is -1.26. The molecule has 4 N–H and O–H groups in total. The van der Waals surface area contributed by atoms with Crippen molar-refractivity contribution >= 4 is 17.6 Å². The Morgan fingerprint density at radius 3 is 2.41 bits per heavy atom. The van der Waals surface area contributed by atoms with E-state index in [-0.39, 0.29) is 6.04 Å². The zero-order valence-electron chi connectivity index (χ0n) is 12.8. The van der Waals surface area contributed by atoms with Crippen LogP contribution in [0.3, 0.4) is 0 Å². The van der Waals surface area contributed by atoms with E-state index in [1.807, 2.05) is 0 Å². The number of hydrogen-bond donors (Lipinski definition) is 3. The molecule has 0 bridgehead atoms. The number of nitrogens with zero attached hydrogens (tertiary/aromatic N) is 1. The van der Waals surface area contributed by atoms with Gasteiger partial charge < -0.3 is 20.8 Å². The summed E-state index contributed by atoms with van der Waals surface area (Å²) in [6.45, 7) is 6.30. The van der Waals surface area contributed by atoms with Crippen LogP contribution < -0.4 is 10.6 Å². The maximum Gasteiger partial charge on any atom is 0.328 e.